The van der Waals surface area contributed by atoms with Gasteiger partial charge in [0.2, 0.25) is 5.89 Å². The maximum Gasteiger partial charge on any atom is 0.237 e. The molecular weight excluding hydrogens is 383 g/mol. The lowest BCUT2D eigenvalue weighted by atomic mass is 10.2. The summed E-state index contributed by atoms with van der Waals surface area (Å²) in [4.78, 5) is 6.58. The Bertz CT molecular complexity index is 907. The van der Waals surface area contributed by atoms with Crippen molar-refractivity contribution in [2.24, 2.45) is 0 Å². The van der Waals surface area contributed by atoms with E-state index in [4.69, 9.17) is 9.26 Å². The summed E-state index contributed by atoms with van der Waals surface area (Å²) < 4.78 is 26.0. The maximum absolute atomic E-state index is 13.3. The van der Waals surface area contributed by atoms with Crippen LogP contribution in [0.5, 0.6) is 0 Å². The second kappa shape index (κ2) is 8.80. The van der Waals surface area contributed by atoms with Crippen molar-refractivity contribution in [1.29, 1.82) is 0 Å². The van der Waals surface area contributed by atoms with Crippen LogP contribution in [0.25, 0.3) is 11.4 Å². The van der Waals surface area contributed by atoms with Gasteiger partial charge in [0.1, 0.15) is 5.82 Å². The first-order valence-electron chi connectivity index (χ1n) is 9.10. The Morgan fingerprint density at radius 1 is 1.11 bits per heavy atom. The molecule has 1 saturated heterocycles. The number of aromatic nitrogens is 5. The summed E-state index contributed by atoms with van der Waals surface area (Å²) in [5.41, 5.74) is 0.830. The third-order valence-electron chi connectivity index (χ3n) is 4.46. The van der Waals surface area contributed by atoms with Crippen LogP contribution < -0.4 is 0 Å². The number of thioether (sulfide) groups is 1. The van der Waals surface area contributed by atoms with Crippen LogP contribution in [0.1, 0.15) is 11.7 Å². The number of benzene rings is 1. The third kappa shape index (κ3) is 4.57. The molecule has 1 aliphatic heterocycles. The normalized spacial score (nSPS) is 15.2. The maximum atomic E-state index is 13.3. The van der Waals surface area contributed by atoms with Crippen LogP contribution in [-0.4, -0.2) is 62.7 Å². The molecule has 0 spiro atoms. The Balaban J connectivity index is 1.54. The highest BCUT2D eigenvalue weighted by Crippen LogP contribution is 2.26. The minimum absolute atomic E-state index is 0.274. The van der Waals surface area contributed by atoms with Crippen LogP contribution in [0.2, 0.25) is 0 Å². The molecule has 0 N–H and O–H groups in total. The smallest absolute Gasteiger partial charge is 0.237 e. The second-order valence-corrected chi connectivity index (χ2v) is 7.39. The Labute approximate surface area is 166 Å². The van der Waals surface area contributed by atoms with Gasteiger partial charge in [0.15, 0.2) is 16.8 Å². The van der Waals surface area contributed by atoms with Crippen molar-refractivity contribution >= 4 is 11.8 Å². The fourth-order valence-electron chi connectivity index (χ4n) is 3.00. The van der Waals surface area contributed by atoms with E-state index in [0.717, 1.165) is 55.9 Å². The van der Waals surface area contributed by atoms with Crippen LogP contribution in [0.3, 0.4) is 0 Å². The second-order valence-electron chi connectivity index (χ2n) is 6.44. The molecule has 0 radical (unpaired) electrons. The van der Waals surface area contributed by atoms with Crippen LogP contribution in [-0.2, 0) is 17.0 Å². The summed E-state index contributed by atoms with van der Waals surface area (Å²) >= 11 is 1.49. The van der Waals surface area contributed by atoms with Crippen LogP contribution in [0.15, 0.2) is 33.9 Å². The fraction of sp³-hybridized carbons (Fsp3) is 0.444. The van der Waals surface area contributed by atoms with E-state index in [1.165, 1.54) is 23.9 Å². The summed E-state index contributed by atoms with van der Waals surface area (Å²) in [5, 5.41) is 13.3. The Hall–Kier alpha value is -2.30. The van der Waals surface area contributed by atoms with E-state index in [1.54, 1.807) is 19.1 Å². The quantitative estimate of drug-likeness (QED) is 0.555. The molecule has 3 aromatic rings. The van der Waals surface area contributed by atoms with Crippen molar-refractivity contribution in [2.45, 2.75) is 24.4 Å². The fourth-order valence-corrected chi connectivity index (χ4v) is 3.80. The van der Waals surface area contributed by atoms with Crippen molar-refractivity contribution < 1.29 is 13.7 Å². The molecule has 4 rings (SSSR count). The van der Waals surface area contributed by atoms with E-state index < -0.39 is 0 Å². The minimum Gasteiger partial charge on any atom is -0.379 e. The highest BCUT2D eigenvalue weighted by molar-refractivity contribution is 7.98. The monoisotopic (exact) mass is 404 g/mol. The summed E-state index contributed by atoms with van der Waals surface area (Å²) in [7, 11) is 0. The van der Waals surface area contributed by atoms with Crippen molar-refractivity contribution in [3.63, 3.8) is 0 Å². The molecule has 8 nitrogen and oxygen atoms in total. The lowest BCUT2D eigenvalue weighted by Gasteiger charge is -2.27. The van der Waals surface area contributed by atoms with Crippen molar-refractivity contribution in [2.75, 3.05) is 32.8 Å². The highest BCUT2D eigenvalue weighted by Gasteiger charge is 2.18. The zero-order valence-corrected chi connectivity index (χ0v) is 16.4. The zero-order valence-electron chi connectivity index (χ0n) is 15.5. The van der Waals surface area contributed by atoms with E-state index >= 15 is 0 Å². The van der Waals surface area contributed by atoms with E-state index in [2.05, 4.69) is 29.8 Å². The topological polar surface area (TPSA) is 82.1 Å². The molecule has 0 aliphatic carbocycles. The molecule has 0 amide bonds. The molecule has 0 atom stereocenters. The predicted molar refractivity (Wildman–Crippen MR) is 101 cm³/mol. The van der Waals surface area contributed by atoms with Gasteiger partial charge in [0.05, 0.1) is 19.0 Å². The van der Waals surface area contributed by atoms with E-state index in [-0.39, 0.29) is 5.82 Å². The highest BCUT2D eigenvalue weighted by atomic mass is 32.2. The molecule has 0 bridgehead atoms. The lowest BCUT2D eigenvalue weighted by Crippen LogP contribution is -2.38. The summed E-state index contributed by atoms with van der Waals surface area (Å²) in [6, 6.07) is 6.31. The number of morpholine rings is 1. The van der Waals surface area contributed by atoms with Gasteiger partial charge in [-0.3, -0.25) is 4.90 Å². The van der Waals surface area contributed by atoms with Gasteiger partial charge in [0.25, 0.3) is 0 Å². The van der Waals surface area contributed by atoms with Gasteiger partial charge in [0, 0.05) is 31.7 Å². The van der Waals surface area contributed by atoms with Gasteiger partial charge < -0.3 is 13.8 Å². The minimum atomic E-state index is -0.274. The molecule has 28 heavy (non-hydrogen) atoms. The number of hydrogen-bond donors (Lipinski definition) is 0. The van der Waals surface area contributed by atoms with Crippen molar-refractivity contribution in [3.8, 4) is 11.4 Å². The van der Waals surface area contributed by atoms with E-state index in [0.29, 0.717) is 17.5 Å². The van der Waals surface area contributed by atoms with Gasteiger partial charge in [-0.05, 0) is 31.2 Å². The zero-order chi connectivity index (χ0) is 19.3. The molecule has 1 fully saturated rings. The summed E-state index contributed by atoms with van der Waals surface area (Å²) in [6.07, 6.45) is 0. The first kappa shape index (κ1) is 19.0. The largest absolute Gasteiger partial charge is 0.379 e. The van der Waals surface area contributed by atoms with Gasteiger partial charge in [-0.2, -0.15) is 4.98 Å². The molecule has 1 aliphatic rings. The molecule has 0 saturated carbocycles. The molecule has 3 heterocycles. The number of hydrogen-bond acceptors (Lipinski definition) is 8. The predicted octanol–water partition coefficient (Wildman–Crippen LogP) is 2.40. The number of halogens is 1. The van der Waals surface area contributed by atoms with E-state index in [1.807, 2.05) is 0 Å². The molecule has 10 heteroatoms. The standard InChI is InChI=1S/C18H21FN6O2S/c1-13-20-16(27-23-13)12-28-18-22-21-17(14-2-4-15(19)5-3-14)25(18)7-6-24-8-10-26-11-9-24/h2-5H,6-12H2,1H3. The number of rotatable bonds is 7. The first-order valence-corrected chi connectivity index (χ1v) is 10.1. The molecular formula is C18H21FN6O2S. The van der Waals surface area contributed by atoms with Crippen LogP contribution in [0, 0.1) is 12.7 Å². The average Bonchev–Trinajstić information content (AvgIpc) is 3.32. The van der Waals surface area contributed by atoms with Gasteiger partial charge in [-0.25, -0.2) is 4.39 Å². The molecule has 1 aromatic carbocycles. The molecule has 148 valence electrons. The van der Waals surface area contributed by atoms with Gasteiger partial charge in [-0.15, -0.1) is 10.2 Å². The number of ether oxygens (including phenoxy) is 1. The summed E-state index contributed by atoms with van der Waals surface area (Å²) in [5.74, 6) is 2.12. The van der Waals surface area contributed by atoms with E-state index in [9.17, 15) is 4.39 Å². The van der Waals surface area contributed by atoms with Gasteiger partial charge >= 0.3 is 0 Å². The van der Waals surface area contributed by atoms with Crippen molar-refractivity contribution in [3.05, 3.63) is 41.8 Å². The lowest BCUT2D eigenvalue weighted by molar-refractivity contribution is 0.0361. The summed E-state index contributed by atoms with van der Waals surface area (Å²) in [6.45, 7) is 6.72. The number of aryl methyl sites for hydroxylation is 1. The Kier molecular flexibility index (Phi) is 5.98. The number of nitrogens with zero attached hydrogens (tertiary/aromatic N) is 6. The molecule has 0 unspecified atom stereocenters. The Morgan fingerprint density at radius 2 is 1.89 bits per heavy atom. The third-order valence-corrected chi connectivity index (χ3v) is 5.41. The Morgan fingerprint density at radius 3 is 2.61 bits per heavy atom. The van der Waals surface area contributed by atoms with Crippen LogP contribution in [0.4, 0.5) is 4.39 Å². The van der Waals surface area contributed by atoms with Gasteiger partial charge in [-0.1, -0.05) is 16.9 Å². The van der Waals surface area contributed by atoms with Crippen LogP contribution >= 0.6 is 11.8 Å². The SMILES string of the molecule is Cc1noc(CSc2nnc(-c3ccc(F)cc3)n2CCN2CCOCC2)n1. The molecule has 2 aromatic heterocycles. The van der Waals surface area contributed by atoms with Crippen molar-refractivity contribution in [1.82, 2.24) is 29.8 Å². The first-order chi connectivity index (χ1) is 13.7. The average molecular weight is 404 g/mol.